The van der Waals surface area contributed by atoms with Gasteiger partial charge in [0, 0.05) is 8.45 Å². The number of hydrogen-bond acceptors (Lipinski definition) is 2. The van der Waals surface area contributed by atoms with Gasteiger partial charge >= 0.3 is 0 Å². The molecule has 1 aliphatic rings. The van der Waals surface area contributed by atoms with Crippen molar-refractivity contribution in [2.24, 2.45) is 5.10 Å². The number of benzene rings is 1. The van der Waals surface area contributed by atoms with E-state index in [1.807, 2.05) is 6.07 Å². The molecule has 0 spiro atoms. The number of carbonyl (C=O) groups excluding carboxylic acids is 1. The van der Waals surface area contributed by atoms with Crippen LogP contribution in [0.2, 0.25) is 0 Å². The van der Waals surface area contributed by atoms with Crippen molar-refractivity contribution >= 4 is 17.3 Å². The summed E-state index contributed by atoms with van der Waals surface area (Å²) in [5, 5.41) is 5.02. The Morgan fingerprint density at radius 1 is 1.46 bits per heavy atom. The van der Waals surface area contributed by atoms with E-state index in [9.17, 15) is 4.79 Å². The molecule has 0 aromatic heterocycles. The summed E-state index contributed by atoms with van der Waals surface area (Å²) in [6.07, 6.45) is -1.98. The Balaban J connectivity index is 2.40. The minimum absolute atomic E-state index is 0.191. The van der Waals surface area contributed by atoms with Crippen LogP contribution in [-0.2, 0) is 4.79 Å². The van der Waals surface area contributed by atoms with E-state index in [1.165, 1.54) is 6.92 Å². The molecule has 1 aliphatic heterocycles. The molecule has 0 fully saturated rings. The van der Waals surface area contributed by atoms with Crippen molar-refractivity contribution in [1.82, 2.24) is 0 Å². The highest BCUT2D eigenvalue weighted by atomic mass is 16.2. The molecular weight excluding hydrogens is 164 g/mol. The van der Waals surface area contributed by atoms with Crippen molar-refractivity contribution in [2.75, 3.05) is 5.01 Å². The number of para-hydroxylation sites is 1. The van der Waals surface area contributed by atoms with Crippen LogP contribution in [0, 0.1) is 0 Å². The second-order valence-electron chi connectivity index (χ2n) is 2.76. The van der Waals surface area contributed by atoms with E-state index < -0.39 is 12.3 Å². The second-order valence-corrected chi connectivity index (χ2v) is 2.76. The minimum Gasteiger partial charge on any atom is -0.272 e. The van der Waals surface area contributed by atoms with E-state index in [-0.39, 0.29) is 5.71 Å². The van der Waals surface area contributed by atoms with Crippen LogP contribution in [0.1, 0.15) is 16.0 Å². The van der Waals surface area contributed by atoms with Gasteiger partial charge < -0.3 is 0 Å². The first kappa shape index (κ1) is 5.91. The zero-order valence-electron chi connectivity index (χ0n) is 9.19. The number of carbonyl (C=O) groups is 1. The van der Waals surface area contributed by atoms with Gasteiger partial charge in [-0.1, -0.05) is 18.2 Å². The Hall–Kier alpha value is -1.64. The Kier molecular flexibility index (Phi) is 1.37. The second kappa shape index (κ2) is 3.01. The molecule has 0 radical (unpaired) electrons. The van der Waals surface area contributed by atoms with E-state index in [1.54, 1.807) is 24.3 Å². The molecule has 2 rings (SSSR count). The van der Waals surface area contributed by atoms with Crippen molar-refractivity contribution < 1.29 is 7.54 Å². The van der Waals surface area contributed by atoms with Gasteiger partial charge in [-0.05, 0) is 19.1 Å². The van der Waals surface area contributed by atoms with E-state index in [2.05, 4.69) is 5.10 Å². The van der Waals surface area contributed by atoms with E-state index in [4.69, 9.17) is 2.74 Å². The smallest absolute Gasteiger partial charge is 0.253 e. The molecule has 0 unspecified atom stereocenters. The lowest BCUT2D eigenvalue weighted by molar-refractivity contribution is -0.116. The summed E-state index contributed by atoms with van der Waals surface area (Å²) < 4.78 is 15.0. The van der Waals surface area contributed by atoms with Gasteiger partial charge in [0.25, 0.3) is 5.91 Å². The molecule has 3 nitrogen and oxygen atoms in total. The Morgan fingerprint density at radius 2 is 2.15 bits per heavy atom. The summed E-state index contributed by atoms with van der Waals surface area (Å²) in [7, 11) is 0. The SMILES string of the molecule is [2H]C1([2H])C(=O)N(c2ccccc2)N=C1C. The fourth-order valence-electron chi connectivity index (χ4n) is 1.17. The highest BCUT2D eigenvalue weighted by Crippen LogP contribution is 2.19. The maximum Gasteiger partial charge on any atom is 0.253 e. The van der Waals surface area contributed by atoms with E-state index >= 15 is 0 Å². The minimum atomic E-state index is -1.98. The number of amides is 1. The van der Waals surface area contributed by atoms with Crippen LogP contribution in [0.15, 0.2) is 35.4 Å². The molecule has 0 atom stereocenters. The summed E-state index contributed by atoms with van der Waals surface area (Å²) in [6.45, 7) is 1.51. The Morgan fingerprint density at radius 3 is 2.69 bits per heavy atom. The molecule has 0 saturated carbocycles. The molecular formula is C10H10N2O. The van der Waals surface area contributed by atoms with Crippen LogP contribution < -0.4 is 5.01 Å². The zero-order chi connectivity index (χ0) is 11.1. The Bertz CT molecular complexity index is 428. The molecule has 1 aromatic rings. The molecule has 1 amide bonds. The first-order valence-corrected chi connectivity index (χ1v) is 3.99. The molecule has 13 heavy (non-hydrogen) atoms. The van der Waals surface area contributed by atoms with Gasteiger partial charge in [0.1, 0.15) is 0 Å². The molecule has 0 N–H and O–H groups in total. The summed E-state index contributed by atoms with van der Waals surface area (Å²) in [4.78, 5) is 11.7. The van der Waals surface area contributed by atoms with Crippen molar-refractivity contribution in [3.63, 3.8) is 0 Å². The van der Waals surface area contributed by atoms with Crippen molar-refractivity contribution in [3.8, 4) is 0 Å². The quantitative estimate of drug-likeness (QED) is 0.642. The van der Waals surface area contributed by atoms with E-state index in [0.717, 1.165) is 5.01 Å². The highest BCUT2D eigenvalue weighted by molar-refractivity contribution is 6.12. The van der Waals surface area contributed by atoms with Crippen LogP contribution >= 0.6 is 0 Å². The number of rotatable bonds is 1. The van der Waals surface area contributed by atoms with Crippen LogP contribution in [-0.4, -0.2) is 11.6 Å². The first-order chi connectivity index (χ1) is 7.03. The first-order valence-electron chi connectivity index (χ1n) is 4.99. The summed E-state index contributed by atoms with van der Waals surface area (Å²) in [5.74, 6) is -0.633. The topological polar surface area (TPSA) is 32.7 Å². The average molecular weight is 176 g/mol. The molecule has 3 heteroatoms. The third-order valence-corrected chi connectivity index (χ3v) is 1.73. The van der Waals surface area contributed by atoms with Crippen molar-refractivity contribution in [3.05, 3.63) is 30.3 Å². The van der Waals surface area contributed by atoms with Crippen molar-refractivity contribution in [2.45, 2.75) is 13.3 Å². The molecule has 0 saturated heterocycles. The summed E-state index contributed by atoms with van der Waals surface area (Å²) in [5.41, 5.74) is 0.777. The van der Waals surface area contributed by atoms with Gasteiger partial charge in [-0.25, -0.2) is 5.01 Å². The maximum atomic E-state index is 11.7. The van der Waals surface area contributed by atoms with Crippen LogP contribution in [0.3, 0.4) is 0 Å². The van der Waals surface area contributed by atoms with Gasteiger partial charge in [0.15, 0.2) is 0 Å². The normalized spacial score (nSPS) is 22.4. The third-order valence-electron chi connectivity index (χ3n) is 1.73. The largest absolute Gasteiger partial charge is 0.272 e. The fraction of sp³-hybridized carbons (Fsp3) is 0.200. The van der Waals surface area contributed by atoms with Gasteiger partial charge in [-0.2, -0.15) is 5.10 Å². The molecule has 1 aromatic carbocycles. The lowest BCUT2D eigenvalue weighted by atomic mass is 10.3. The monoisotopic (exact) mass is 176 g/mol. The van der Waals surface area contributed by atoms with Crippen LogP contribution in [0.5, 0.6) is 0 Å². The van der Waals surface area contributed by atoms with E-state index in [0.29, 0.717) is 5.69 Å². The van der Waals surface area contributed by atoms with Gasteiger partial charge in [0.05, 0.1) is 12.1 Å². The summed E-state index contributed by atoms with van der Waals surface area (Å²) >= 11 is 0. The number of hydrazone groups is 1. The number of hydrogen-bond donors (Lipinski definition) is 0. The molecule has 0 aliphatic carbocycles. The molecule has 1 heterocycles. The lowest BCUT2D eigenvalue weighted by Crippen LogP contribution is -2.19. The highest BCUT2D eigenvalue weighted by Gasteiger charge is 2.21. The summed E-state index contributed by atoms with van der Waals surface area (Å²) in [6, 6.07) is 8.82. The fourth-order valence-corrected chi connectivity index (χ4v) is 1.17. The predicted octanol–water partition coefficient (Wildman–Crippen LogP) is 1.80. The van der Waals surface area contributed by atoms with Gasteiger partial charge in [0.2, 0.25) is 0 Å². The van der Waals surface area contributed by atoms with Gasteiger partial charge in [-0.3, -0.25) is 4.79 Å². The van der Waals surface area contributed by atoms with Crippen LogP contribution in [0.4, 0.5) is 5.69 Å². The average Bonchev–Trinajstić information content (AvgIpc) is 2.44. The third kappa shape index (κ3) is 1.45. The van der Waals surface area contributed by atoms with Crippen molar-refractivity contribution in [1.29, 1.82) is 0 Å². The number of nitrogens with zero attached hydrogens (tertiary/aromatic N) is 2. The Labute approximate surface area is 79.5 Å². The maximum absolute atomic E-state index is 11.7. The van der Waals surface area contributed by atoms with Crippen LogP contribution in [0.25, 0.3) is 0 Å². The number of anilines is 1. The standard InChI is InChI=1S/C10H10N2O/c1-8-7-10(13)12(11-8)9-5-3-2-4-6-9/h2-6H,7H2,1H3/i7D2. The van der Waals surface area contributed by atoms with Gasteiger partial charge in [-0.15, -0.1) is 0 Å². The molecule has 0 bridgehead atoms. The lowest BCUT2D eigenvalue weighted by Gasteiger charge is -2.10. The molecule has 66 valence electrons. The predicted molar refractivity (Wildman–Crippen MR) is 51.7 cm³/mol. The zero-order valence-corrected chi connectivity index (χ0v) is 7.19.